The zero-order valence-electron chi connectivity index (χ0n) is 41.3. The van der Waals surface area contributed by atoms with Crippen LogP contribution < -0.4 is 20.9 Å². The van der Waals surface area contributed by atoms with Crippen LogP contribution in [0, 0.1) is 6.92 Å². The Morgan fingerprint density at radius 3 is 1.63 bits per heavy atom. The minimum absolute atomic E-state index is 0.137. The van der Waals surface area contributed by atoms with E-state index in [1.54, 1.807) is 12.1 Å². The number of amides is 2. The molecule has 19 heteroatoms. The fourth-order valence-electron chi connectivity index (χ4n) is 7.31. The lowest BCUT2D eigenvalue weighted by Gasteiger charge is -2.27. The van der Waals surface area contributed by atoms with Crippen molar-refractivity contribution in [3.05, 3.63) is 167 Å². The lowest BCUT2D eigenvalue weighted by Crippen LogP contribution is -2.27. The highest BCUT2D eigenvalue weighted by atomic mass is 19.4. The number of carboxylic acid groups (broad SMARTS) is 4. The van der Waals surface area contributed by atoms with Gasteiger partial charge < -0.3 is 41.5 Å². The third-order valence-electron chi connectivity index (χ3n) is 10.7. The number of alkyl halides is 3. The molecular formula is C54H60F3N4O12+. The molecule has 0 radical (unpaired) electrons. The van der Waals surface area contributed by atoms with Gasteiger partial charge in [-0.1, -0.05) is 97.8 Å². The van der Waals surface area contributed by atoms with Crippen molar-refractivity contribution in [3.8, 4) is 0 Å². The second-order valence-electron chi connectivity index (χ2n) is 17.0. The molecule has 0 unspecified atom stereocenters. The van der Waals surface area contributed by atoms with E-state index in [9.17, 15) is 41.9 Å². The Bertz CT molecular complexity index is 2720. The summed E-state index contributed by atoms with van der Waals surface area (Å²) in [4.78, 5) is 70.8. The number of para-hydroxylation sites is 2. The van der Waals surface area contributed by atoms with Crippen molar-refractivity contribution < 1.29 is 71.9 Å². The summed E-state index contributed by atoms with van der Waals surface area (Å²) >= 11 is 0. The highest BCUT2D eigenvalue weighted by Gasteiger charge is 2.45. The number of hydrogen-bond donors (Lipinski definition) is 6. The molecular weight excluding hydrogens is 954 g/mol. The second-order valence-corrected chi connectivity index (χ2v) is 17.0. The van der Waals surface area contributed by atoms with Crippen LogP contribution in [0.25, 0.3) is 0 Å². The van der Waals surface area contributed by atoms with E-state index in [1.165, 1.54) is 33.8 Å². The number of benzene rings is 4. The van der Waals surface area contributed by atoms with Crippen molar-refractivity contribution in [2.24, 2.45) is 11.5 Å². The molecule has 8 N–H and O–H groups in total. The standard InChI is InChI=1S/C42H41N3O.2C4H6O4.C3H3F3O2.CH3NO/c1-29(13-11-19-38-41(3,4)34-15-7-9-17-36(34)44(38)32-25-21-30(2)22-26-32)14-12-20-39-42(5,6)35-16-8-10-18-37(35)45(39)33-27-23-31(24-28-33)40(43)46;2*5-3(6)1-2-4(7)8;1-2(7)8-3(4,5)6;2-1-3/h7-28H,1-6H3,(H-,43,46);2*1-2H2,(H,5,6)(H,7,8);1H3;1H,(H2,2,3)/p+1. The Morgan fingerprint density at radius 2 is 1.18 bits per heavy atom. The van der Waals surface area contributed by atoms with Crippen molar-refractivity contribution in [1.29, 1.82) is 0 Å². The molecule has 0 aliphatic carbocycles. The Morgan fingerprint density at radius 1 is 0.699 bits per heavy atom. The molecule has 2 aliphatic heterocycles. The maximum Gasteiger partial charge on any atom is 0.575 e. The average molecular weight is 1010 g/mol. The summed E-state index contributed by atoms with van der Waals surface area (Å²) in [5.41, 5.74) is 21.8. The van der Waals surface area contributed by atoms with Gasteiger partial charge in [0.1, 0.15) is 0 Å². The number of nitrogens with two attached hydrogens (primary N) is 2. The lowest BCUT2D eigenvalue weighted by molar-refractivity contribution is -0.304. The summed E-state index contributed by atoms with van der Waals surface area (Å²) < 4.78 is 37.7. The first-order chi connectivity index (χ1) is 34.1. The van der Waals surface area contributed by atoms with Crippen LogP contribution in [-0.4, -0.2) is 74.7 Å². The maximum absolute atomic E-state index is 11.7. The number of allylic oxidation sites excluding steroid dienone is 8. The van der Waals surface area contributed by atoms with Gasteiger partial charge in [0.05, 0.1) is 31.1 Å². The van der Waals surface area contributed by atoms with E-state index in [0.29, 0.717) is 12.5 Å². The fourth-order valence-corrected chi connectivity index (χ4v) is 7.31. The number of nitrogens with zero attached hydrogens (tertiary/aromatic N) is 2. The van der Waals surface area contributed by atoms with E-state index in [1.807, 2.05) is 12.1 Å². The molecule has 388 valence electrons. The molecule has 4 aromatic carbocycles. The number of fused-ring (bicyclic) bond motifs is 2. The summed E-state index contributed by atoms with van der Waals surface area (Å²) in [6, 6.07) is 33.5. The number of esters is 1. The number of carbonyl (C=O) groups excluding carboxylic acids is 3. The van der Waals surface area contributed by atoms with Gasteiger partial charge in [0.15, 0.2) is 5.71 Å². The molecule has 0 atom stereocenters. The molecule has 0 aromatic heterocycles. The molecule has 0 bridgehead atoms. The highest BCUT2D eigenvalue weighted by molar-refractivity contribution is 6.10. The van der Waals surface area contributed by atoms with Gasteiger partial charge in [-0.15, -0.1) is 13.2 Å². The molecule has 2 aliphatic rings. The van der Waals surface area contributed by atoms with Crippen LogP contribution in [0.15, 0.2) is 145 Å². The van der Waals surface area contributed by atoms with E-state index in [2.05, 4.69) is 171 Å². The van der Waals surface area contributed by atoms with Crippen LogP contribution in [0.5, 0.6) is 0 Å². The lowest BCUT2D eigenvalue weighted by atomic mass is 9.81. The molecule has 16 nitrogen and oxygen atoms in total. The number of aryl methyl sites for hydroxylation is 1. The molecule has 0 saturated heterocycles. The number of anilines is 2. The summed E-state index contributed by atoms with van der Waals surface area (Å²) in [6.07, 6.45) is 7.32. The number of ether oxygens (including phenoxy) is 1. The van der Waals surface area contributed by atoms with Gasteiger partial charge in [-0.2, -0.15) is 4.58 Å². The number of aliphatic carboxylic acids is 4. The van der Waals surface area contributed by atoms with Gasteiger partial charge in [-0.05, 0) is 69.7 Å². The summed E-state index contributed by atoms with van der Waals surface area (Å²) in [6.45, 7) is 14.1. The topological polar surface area (TPSA) is 268 Å². The summed E-state index contributed by atoms with van der Waals surface area (Å²) in [5, 5.41) is 31.6. The number of carbonyl (C=O) groups is 7. The first-order valence-corrected chi connectivity index (χ1v) is 22.2. The predicted molar refractivity (Wildman–Crippen MR) is 271 cm³/mol. The molecule has 0 spiro atoms. The highest BCUT2D eigenvalue weighted by Crippen LogP contribution is 2.51. The Balaban J connectivity index is 0.000000553. The van der Waals surface area contributed by atoms with Gasteiger partial charge in [-0.3, -0.25) is 33.6 Å². The summed E-state index contributed by atoms with van der Waals surface area (Å²) in [7, 11) is 0. The number of halogens is 3. The largest absolute Gasteiger partial charge is 0.575 e. The van der Waals surface area contributed by atoms with Crippen LogP contribution in [0.3, 0.4) is 0 Å². The Hall–Kier alpha value is -8.61. The first-order valence-electron chi connectivity index (χ1n) is 22.2. The van der Waals surface area contributed by atoms with Gasteiger partial charge in [0.25, 0.3) is 0 Å². The number of rotatable bonds is 13. The van der Waals surface area contributed by atoms with E-state index in [-0.39, 0.29) is 42.9 Å². The summed E-state index contributed by atoms with van der Waals surface area (Å²) in [5.74, 6) is -6.08. The third kappa shape index (κ3) is 18.9. The van der Waals surface area contributed by atoms with E-state index in [0.717, 1.165) is 22.7 Å². The van der Waals surface area contributed by atoms with Gasteiger partial charge >= 0.3 is 36.2 Å². The molecule has 0 fully saturated rings. The smallest absolute Gasteiger partial charge is 0.481 e. The van der Waals surface area contributed by atoms with Crippen molar-refractivity contribution in [1.82, 2.24) is 4.58 Å². The van der Waals surface area contributed by atoms with Gasteiger partial charge in [-0.25, -0.2) is 0 Å². The van der Waals surface area contributed by atoms with E-state index in [4.69, 9.17) is 31.0 Å². The number of primary amides is 2. The van der Waals surface area contributed by atoms with Crippen molar-refractivity contribution in [2.45, 2.75) is 91.3 Å². The van der Waals surface area contributed by atoms with Crippen LogP contribution in [0.4, 0.5) is 35.9 Å². The molecule has 2 heterocycles. The van der Waals surface area contributed by atoms with Crippen LogP contribution in [-0.2, 0) is 44.3 Å². The average Bonchev–Trinajstić information content (AvgIpc) is 3.67. The fraction of sp³-hybridized carbons (Fsp3) is 0.259. The zero-order chi connectivity index (χ0) is 55.3. The second kappa shape index (κ2) is 27.7. The molecule has 73 heavy (non-hydrogen) atoms. The molecule has 0 saturated carbocycles. The third-order valence-corrected chi connectivity index (χ3v) is 10.7. The monoisotopic (exact) mass is 1010 g/mol. The maximum atomic E-state index is 11.7. The van der Waals surface area contributed by atoms with Gasteiger partial charge in [0.2, 0.25) is 23.7 Å². The minimum atomic E-state index is -4.83. The quantitative estimate of drug-likeness (QED) is 0.0315. The van der Waals surface area contributed by atoms with Crippen LogP contribution in [0.2, 0.25) is 0 Å². The first kappa shape index (κ1) is 60.5. The normalized spacial score (nSPS) is 14.4. The van der Waals surface area contributed by atoms with E-state index >= 15 is 0 Å². The zero-order valence-corrected chi connectivity index (χ0v) is 41.3. The Kier molecular flexibility index (Phi) is 23.0. The Labute approximate surface area is 420 Å². The van der Waals surface area contributed by atoms with Crippen molar-refractivity contribution in [2.75, 3.05) is 4.90 Å². The van der Waals surface area contributed by atoms with Crippen molar-refractivity contribution >= 4 is 70.6 Å². The van der Waals surface area contributed by atoms with Crippen molar-refractivity contribution in [3.63, 3.8) is 0 Å². The molecule has 2 amide bonds. The van der Waals surface area contributed by atoms with E-state index < -0.39 is 42.1 Å². The number of carboxylic acids is 4. The van der Waals surface area contributed by atoms with Crippen LogP contribution >= 0.6 is 0 Å². The SMILES string of the molecule is CC(/C=C/C=C1/N(c2ccc(C)cc2)c2ccccc2C1(C)C)=C\C=C\C1=[N+](c2ccc(C(N)=O)cc2)c2ccccc2C1(C)C.CC(=O)OC(F)(F)F.NC=O.O=C(O)CCC(=O)O.O=C(O)CCC(=O)O. The van der Waals surface area contributed by atoms with Gasteiger partial charge in [0, 0.05) is 64.8 Å². The molecule has 6 rings (SSSR count). The number of hydrogen-bond acceptors (Lipinski definition) is 9. The minimum Gasteiger partial charge on any atom is -0.481 e. The predicted octanol–water partition coefficient (Wildman–Crippen LogP) is 9.78. The molecule has 4 aromatic rings. The van der Waals surface area contributed by atoms with Crippen LogP contribution in [0.1, 0.15) is 94.3 Å².